The molecule has 0 aliphatic rings. The summed E-state index contributed by atoms with van der Waals surface area (Å²) < 4.78 is 10.3. The Labute approximate surface area is 145 Å². The second-order valence-electron chi connectivity index (χ2n) is 4.66. The molecule has 0 radical (unpaired) electrons. The predicted octanol–water partition coefficient (Wildman–Crippen LogP) is 3.35. The maximum absolute atomic E-state index is 11.7. The van der Waals surface area contributed by atoms with E-state index in [4.69, 9.17) is 25.9 Å². The summed E-state index contributed by atoms with van der Waals surface area (Å²) in [5, 5.41) is 6.83. The first kappa shape index (κ1) is 17.6. The molecule has 0 fully saturated rings. The van der Waals surface area contributed by atoms with Gasteiger partial charge < -0.3 is 19.6 Å². The van der Waals surface area contributed by atoms with Crippen molar-refractivity contribution in [2.75, 3.05) is 26.1 Å². The van der Waals surface area contributed by atoms with Crippen LogP contribution in [0.5, 0.6) is 11.5 Å². The molecule has 1 amide bonds. The summed E-state index contributed by atoms with van der Waals surface area (Å²) in [4.78, 5) is 16.7. The Kier molecular flexibility index (Phi) is 6.45. The standard InChI is InChI=1S/C17H17ClN2O4/c1-22-15-9-12(8-14(18)17(15)23-2)10-19-24-11-16(21)20-13-6-4-3-5-7-13/h3-10H,11H2,1-2H3,(H,20,21)/b19-10+. The molecule has 1 N–H and O–H groups in total. The fourth-order valence-corrected chi connectivity index (χ4v) is 2.22. The van der Waals surface area contributed by atoms with Crippen molar-refractivity contribution in [1.29, 1.82) is 0 Å². The molecule has 0 aliphatic carbocycles. The maximum Gasteiger partial charge on any atom is 0.265 e. The third kappa shape index (κ3) is 4.89. The van der Waals surface area contributed by atoms with Gasteiger partial charge in [0.25, 0.3) is 5.91 Å². The summed E-state index contributed by atoms with van der Waals surface area (Å²) in [6.07, 6.45) is 1.43. The lowest BCUT2D eigenvalue weighted by Gasteiger charge is -2.09. The number of oxime groups is 1. The monoisotopic (exact) mass is 348 g/mol. The van der Waals surface area contributed by atoms with Crippen LogP contribution < -0.4 is 14.8 Å². The van der Waals surface area contributed by atoms with Gasteiger partial charge >= 0.3 is 0 Å². The highest BCUT2D eigenvalue weighted by Crippen LogP contribution is 2.35. The molecule has 0 unspecified atom stereocenters. The summed E-state index contributed by atoms with van der Waals surface area (Å²) >= 11 is 6.10. The van der Waals surface area contributed by atoms with Gasteiger partial charge in [-0.05, 0) is 24.3 Å². The van der Waals surface area contributed by atoms with Crippen LogP contribution in [0.1, 0.15) is 5.56 Å². The van der Waals surface area contributed by atoms with E-state index in [2.05, 4.69) is 10.5 Å². The fraction of sp³-hybridized carbons (Fsp3) is 0.176. The molecule has 2 aromatic rings. The first-order chi connectivity index (χ1) is 11.6. The van der Waals surface area contributed by atoms with Gasteiger partial charge in [-0.3, -0.25) is 4.79 Å². The zero-order valence-electron chi connectivity index (χ0n) is 13.3. The molecular weight excluding hydrogens is 332 g/mol. The number of amides is 1. The third-order valence-corrected chi connectivity index (χ3v) is 3.27. The van der Waals surface area contributed by atoms with Crippen LogP contribution in [0.2, 0.25) is 5.02 Å². The van der Waals surface area contributed by atoms with Crippen LogP contribution in [0, 0.1) is 0 Å². The highest BCUT2D eigenvalue weighted by Gasteiger charge is 2.10. The molecule has 2 rings (SSSR count). The van der Waals surface area contributed by atoms with Crippen LogP contribution in [-0.4, -0.2) is 32.9 Å². The van der Waals surface area contributed by atoms with Gasteiger partial charge in [-0.15, -0.1) is 0 Å². The minimum atomic E-state index is -0.302. The highest BCUT2D eigenvalue weighted by atomic mass is 35.5. The number of carbonyl (C=O) groups is 1. The summed E-state index contributed by atoms with van der Waals surface area (Å²) in [6.45, 7) is -0.202. The van der Waals surface area contributed by atoms with Gasteiger partial charge in [-0.2, -0.15) is 0 Å². The number of halogens is 1. The number of para-hydroxylation sites is 1. The summed E-state index contributed by atoms with van der Waals surface area (Å²) in [5.74, 6) is 0.622. The van der Waals surface area contributed by atoms with Gasteiger partial charge in [0, 0.05) is 11.3 Å². The highest BCUT2D eigenvalue weighted by molar-refractivity contribution is 6.32. The molecule has 126 valence electrons. The summed E-state index contributed by atoms with van der Waals surface area (Å²) in [5.41, 5.74) is 1.35. The number of rotatable bonds is 7. The number of anilines is 1. The van der Waals surface area contributed by atoms with Gasteiger partial charge in [0.2, 0.25) is 0 Å². The number of carbonyl (C=O) groups excluding carboxylic acids is 1. The molecule has 24 heavy (non-hydrogen) atoms. The number of hydrogen-bond acceptors (Lipinski definition) is 5. The van der Waals surface area contributed by atoms with Gasteiger partial charge in [0.1, 0.15) is 0 Å². The van der Waals surface area contributed by atoms with E-state index in [9.17, 15) is 4.79 Å². The number of nitrogens with one attached hydrogen (secondary N) is 1. The van der Waals surface area contributed by atoms with Crippen LogP contribution >= 0.6 is 11.6 Å². The minimum Gasteiger partial charge on any atom is -0.493 e. The molecule has 6 nitrogen and oxygen atoms in total. The lowest BCUT2D eigenvalue weighted by atomic mass is 10.2. The molecule has 0 bridgehead atoms. The second-order valence-corrected chi connectivity index (χ2v) is 5.07. The van der Waals surface area contributed by atoms with Crippen molar-refractivity contribution in [1.82, 2.24) is 0 Å². The molecule has 7 heteroatoms. The van der Waals surface area contributed by atoms with Gasteiger partial charge in [-0.25, -0.2) is 0 Å². The SMILES string of the molecule is COc1cc(/C=N/OCC(=O)Nc2ccccc2)cc(Cl)c1OC. The molecule has 0 aliphatic heterocycles. The Balaban J connectivity index is 1.90. The largest absolute Gasteiger partial charge is 0.493 e. The molecule has 2 aromatic carbocycles. The van der Waals surface area contributed by atoms with Crippen molar-refractivity contribution in [2.24, 2.45) is 5.16 Å². The Hall–Kier alpha value is -2.73. The van der Waals surface area contributed by atoms with E-state index in [1.54, 1.807) is 24.3 Å². The minimum absolute atomic E-state index is 0.202. The van der Waals surface area contributed by atoms with E-state index in [-0.39, 0.29) is 12.5 Å². The molecular formula is C17H17ClN2O4. The summed E-state index contributed by atoms with van der Waals surface area (Å²) in [7, 11) is 3.02. The lowest BCUT2D eigenvalue weighted by molar-refractivity contribution is -0.120. The first-order valence-corrected chi connectivity index (χ1v) is 7.43. The Morgan fingerprint density at radius 1 is 1.21 bits per heavy atom. The van der Waals surface area contributed by atoms with Crippen molar-refractivity contribution in [3.05, 3.63) is 53.1 Å². The number of hydrogen-bond donors (Lipinski definition) is 1. The Morgan fingerprint density at radius 3 is 2.62 bits per heavy atom. The van der Waals surface area contributed by atoms with E-state index in [0.717, 1.165) is 0 Å². The zero-order chi connectivity index (χ0) is 17.4. The van der Waals surface area contributed by atoms with E-state index in [0.29, 0.717) is 27.8 Å². The lowest BCUT2D eigenvalue weighted by Crippen LogP contribution is -2.16. The number of benzene rings is 2. The van der Waals surface area contributed by atoms with Crippen LogP contribution in [0.25, 0.3) is 0 Å². The Morgan fingerprint density at radius 2 is 1.96 bits per heavy atom. The van der Waals surface area contributed by atoms with Crippen molar-refractivity contribution in [3.8, 4) is 11.5 Å². The third-order valence-electron chi connectivity index (χ3n) is 2.99. The second kappa shape index (κ2) is 8.79. The van der Waals surface area contributed by atoms with Gasteiger partial charge in [0.15, 0.2) is 18.1 Å². The smallest absolute Gasteiger partial charge is 0.265 e. The number of ether oxygens (including phenoxy) is 2. The molecule has 0 spiro atoms. The maximum atomic E-state index is 11.7. The van der Waals surface area contributed by atoms with Gasteiger partial charge in [-0.1, -0.05) is 35.0 Å². The number of methoxy groups -OCH3 is 2. The molecule has 0 atom stereocenters. The van der Waals surface area contributed by atoms with Crippen LogP contribution in [0.4, 0.5) is 5.69 Å². The fourth-order valence-electron chi connectivity index (χ4n) is 1.92. The van der Waals surface area contributed by atoms with Gasteiger partial charge in [0.05, 0.1) is 25.5 Å². The number of nitrogens with zero attached hydrogens (tertiary/aromatic N) is 1. The molecule has 0 heterocycles. The predicted molar refractivity (Wildman–Crippen MR) is 93.2 cm³/mol. The van der Waals surface area contributed by atoms with E-state index >= 15 is 0 Å². The zero-order valence-corrected chi connectivity index (χ0v) is 14.0. The first-order valence-electron chi connectivity index (χ1n) is 7.05. The normalized spacial score (nSPS) is 10.5. The van der Waals surface area contributed by atoms with E-state index in [1.165, 1.54) is 20.4 Å². The van der Waals surface area contributed by atoms with Crippen LogP contribution in [0.3, 0.4) is 0 Å². The van der Waals surface area contributed by atoms with Crippen LogP contribution in [-0.2, 0) is 9.63 Å². The molecule has 0 saturated heterocycles. The summed E-state index contributed by atoms with van der Waals surface area (Å²) in [6, 6.07) is 12.4. The Bertz CT molecular complexity index is 720. The van der Waals surface area contributed by atoms with Crippen molar-refractivity contribution >= 4 is 29.4 Å². The molecule has 0 saturated carbocycles. The molecule has 0 aromatic heterocycles. The average Bonchev–Trinajstić information content (AvgIpc) is 2.59. The quantitative estimate of drug-likeness (QED) is 0.615. The van der Waals surface area contributed by atoms with Crippen molar-refractivity contribution in [2.45, 2.75) is 0 Å². The van der Waals surface area contributed by atoms with E-state index in [1.807, 2.05) is 18.2 Å². The topological polar surface area (TPSA) is 69.2 Å². The van der Waals surface area contributed by atoms with Crippen LogP contribution in [0.15, 0.2) is 47.6 Å². The van der Waals surface area contributed by atoms with Crippen molar-refractivity contribution in [3.63, 3.8) is 0 Å². The van der Waals surface area contributed by atoms with Crippen molar-refractivity contribution < 1.29 is 19.1 Å². The van der Waals surface area contributed by atoms with E-state index < -0.39 is 0 Å². The average molecular weight is 349 g/mol.